The van der Waals surface area contributed by atoms with Crippen molar-refractivity contribution in [2.75, 3.05) is 18.0 Å². The van der Waals surface area contributed by atoms with E-state index in [1.807, 2.05) is 6.07 Å². The van der Waals surface area contributed by atoms with Crippen LogP contribution >= 0.6 is 11.6 Å². The maximum atomic E-state index is 11.3. The predicted molar refractivity (Wildman–Crippen MR) is 86.8 cm³/mol. The van der Waals surface area contributed by atoms with Gasteiger partial charge < -0.3 is 10.0 Å². The van der Waals surface area contributed by atoms with Crippen molar-refractivity contribution >= 4 is 17.3 Å². The second-order valence-electron chi connectivity index (χ2n) is 6.53. The van der Waals surface area contributed by atoms with E-state index in [1.54, 1.807) is 0 Å². The minimum absolute atomic E-state index is 0.151. The van der Waals surface area contributed by atoms with E-state index in [2.05, 4.69) is 52.5 Å². The van der Waals surface area contributed by atoms with Crippen LogP contribution in [0.15, 0.2) is 12.1 Å². The van der Waals surface area contributed by atoms with Gasteiger partial charge in [-0.2, -0.15) is 0 Å². The summed E-state index contributed by atoms with van der Waals surface area (Å²) in [5.41, 5.74) is 2.15. The van der Waals surface area contributed by atoms with Crippen molar-refractivity contribution in [2.45, 2.75) is 52.6 Å². The van der Waals surface area contributed by atoms with Crippen molar-refractivity contribution in [2.24, 2.45) is 5.92 Å². The van der Waals surface area contributed by atoms with Crippen molar-refractivity contribution in [3.8, 4) is 0 Å². The quantitative estimate of drug-likeness (QED) is 0.894. The summed E-state index contributed by atoms with van der Waals surface area (Å²) in [5.74, 6) is 0.151. The van der Waals surface area contributed by atoms with Crippen molar-refractivity contribution in [3.05, 3.63) is 28.3 Å². The molecule has 0 radical (unpaired) electrons. The van der Waals surface area contributed by atoms with Crippen molar-refractivity contribution < 1.29 is 5.11 Å². The average Bonchev–Trinajstić information content (AvgIpc) is 2.39. The Labute approximate surface area is 127 Å². The summed E-state index contributed by atoms with van der Waals surface area (Å²) in [6, 6.07) is 4.02. The van der Waals surface area contributed by atoms with Crippen LogP contribution in [-0.2, 0) is 11.0 Å². The number of hydrogen-bond donors (Lipinski definition) is 1. The molecule has 1 aliphatic rings. The molecule has 0 saturated carbocycles. The molecule has 0 bridgehead atoms. The van der Waals surface area contributed by atoms with Crippen LogP contribution in [0.3, 0.4) is 0 Å². The van der Waals surface area contributed by atoms with Crippen molar-refractivity contribution in [1.82, 2.24) is 0 Å². The van der Waals surface area contributed by atoms with Gasteiger partial charge >= 0.3 is 0 Å². The molecule has 0 unspecified atom stereocenters. The Bertz CT molecular complexity index is 520. The normalized spacial score (nSPS) is 23.4. The molecule has 1 aromatic rings. The van der Waals surface area contributed by atoms with E-state index in [-0.39, 0.29) is 11.3 Å². The topological polar surface area (TPSA) is 23.5 Å². The Morgan fingerprint density at radius 3 is 2.15 bits per heavy atom. The lowest BCUT2D eigenvalue weighted by atomic mass is 9.50. The number of nitrogens with zero attached hydrogens (tertiary/aromatic N) is 1. The number of fused-ring (bicyclic) bond motifs is 1. The minimum atomic E-state index is -0.814. The molecule has 2 rings (SSSR count). The second kappa shape index (κ2) is 4.92. The number of benzene rings is 1. The highest BCUT2D eigenvalue weighted by Crippen LogP contribution is 2.62. The maximum absolute atomic E-state index is 11.3. The number of aliphatic hydroxyl groups is 1. The Balaban J connectivity index is 2.72. The molecule has 1 atom stereocenters. The van der Waals surface area contributed by atoms with Gasteiger partial charge in [-0.25, -0.2) is 0 Å². The summed E-state index contributed by atoms with van der Waals surface area (Å²) in [6.45, 7) is 14.5. The molecule has 1 N–H and O–H groups in total. The second-order valence-corrected chi connectivity index (χ2v) is 6.94. The molecule has 112 valence electrons. The maximum Gasteiger partial charge on any atom is 0.103 e. The molecule has 0 aliphatic heterocycles. The Kier molecular flexibility index (Phi) is 3.85. The van der Waals surface area contributed by atoms with Crippen LogP contribution in [0.1, 0.15) is 52.7 Å². The molecule has 2 nitrogen and oxygen atoms in total. The fraction of sp³-hybridized carbons (Fsp3) is 0.647. The summed E-state index contributed by atoms with van der Waals surface area (Å²) in [6.07, 6.45) is 0. The number of halogens is 1. The highest BCUT2D eigenvalue weighted by Gasteiger charge is 2.61. The van der Waals surface area contributed by atoms with Crippen LogP contribution < -0.4 is 4.90 Å². The molecule has 0 fully saturated rings. The molecule has 1 aromatic carbocycles. The SMILES string of the molecule is CCN(CC)c1ccc(Cl)c2c1[C@](O)(C(C)C)C2(C)C. The Morgan fingerprint density at radius 2 is 1.70 bits per heavy atom. The van der Waals surface area contributed by atoms with E-state index in [0.29, 0.717) is 0 Å². The van der Waals surface area contributed by atoms with Gasteiger partial charge in [0.15, 0.2) is 0 Å². The fourth-order valence-corrected chi connectivity index (χ4v) is 4.24. The van der Waals surface area contributed by atoms with Gasteiger partial charge in [-0.15, -0.1) is 0 Å². The molecular formula is C17H26ClNO. The third kappa shape index (κ3) is 1.74. The standard InChI is InChI=1S/C17H26ClNO/c1-7-19(8-2)13-10-9-12(18)14-15(13)17(20,11(3)4)16(14,5)6/h9-11,20H,7-8H2,1-6H3/t17-/m1/s1. The van der Waals surface area contributed by atoms with Gasteiger partial charge in [0, 0.05) is 34.8 Å². The largest absolute Gasteiger partial charge is 0.384 e. The van der Waals surface area contributed by atoms with E-state index in [9.17, 15) is 5.11 Å². The zero-order chi connectivity index (χ0) is 15.3. The lowest BCUT2D eigenvalue weighted by Gasteiger charge is -2.58. The van der Waals surface area contributed by atoms with Gasteiger partial charge in [0.1, 0.15) is 5.60 Å². The Hall–Kier alpha value is -0.730. The predicted octanol–water partition coefficient (Wildman–Crippen LogP) is 4.32. The first-order chi connectivity index (χ1) is 9.23. The van der Waals surface area contributed by atoms with E-state index >= 15 is 0 Å². The molecule has 0 spiro atoms. The average molecular weight is 296 g/mol. The van der Waals surface area contributed by atoms with E-state index in [4.69, 9.17) is 11.6 Å². The summed E-state index contributed by atoms with van der Waals surface area (Å²) in [5, 5.41) is 12.1. The molecule has 0 aromatic heterocycles. The number of hydrogen-bond acceptors (Lipinski definition) is 2. The highest BCUT2D eigenvalue weighted by molar-refractivity contribution is 6.32. The lowest BCUT2D eigenvalue weighted by molar-refractivity contribution is -0.101. The fourth-order valence-electron chi connectivity index (χ4n) is 3.84. The highest BCUT2D eigenvalue weighted by atomic mass is 35.5. The van der Waals surface area contributed by atoms with Crippen LogP contribution in [0.5, 0.6) is 0 Å². The molecule has 20 heavy (non-hydrogen) atoms. The molecule has 0 amide bonds. The van der Waals surface area contributed by atoms with Crippen LogP contribution in [0.4, 0.5) is 5.69 Å². The number of rotatable bonds is 4. The zero-order valence-electron chi connectivity index (χ0n) is 13.4. The molecule has 1 aliphatic carbocycles. The van der Waals surface area contributed by atoms with Gasteiger partial charge in [-0.3, -0.25) is 0 Å². The molecule has 0 heterocycles. The first-order valence-electron chi connectivity index (χ1n) is 7.54. The third-order valence-electron chi connectivity index (χ3n) is 5.03. The molecule has 0 saturated heterocycles. The minimum Gasteiger partial charge on any atom is -0.384 e. The van der Waals surface area contributed by atoms with Crippen LogP contribution in [0.25, 0.3) is 0 Å². The van der Waals surface area contributed by atoms with E-state index < -0.39 is 5.60 Å². The summed E-state index contributed by atoms with van der Waals surface area (Å²) in [7, 11) is 0. The van der Waals surface area contributed by atoms with Gasteiger partial charge in [-0.05, 0) is 37.5 Å². The smallest absolute Gasteiger partial charge is 0.103 e. The van der Waals surface area contributed by atoms with Gasteiger partial charge in [0.05, 0.1) is 0 Å². The summed E-state index contributed by atoms with van der Waals surface area (Å²) >= 11 is 6.42. The van der Waals surface area contributed by atoms with Crippen molar-refractivity contribution in [3.63, 3.8) is 0 Å². The van der Waals surface area contributed by atoms with Gasteiger partial charge in [-0.1, -0.05) is 39.3 Å². The van der Waals surface area contributed by atoms with E-state index in [1.165, 1.54) is 0 Å². The van der Waals surface area contributed by atoms with Gasteiger partial charge in [0.25, 0.3) is 0 Å². The monoisotopic (exact) mass is 295 g/mol. The first-order valence-corrected chi connectivity index (χ1v) is 7.91. The Morgan fingerprint density at radius 1 is 1.15 bits per heavy atom. The van der Waals surface area contributed by atoms with Gasteiger partial charge in [0.2, 0.25) is 0 Å². The zero-order valence-corrected chi connectivity index (χ0v) is 14.2. The summed E-state index contributed by atoms with van der Waals surface area (Å²) < 4.78 is 0. The third-order valence-corrected chi connectivity index (χ3v) is 5.35. The first kappa shape index (κ1) is 15.7. The van der Waals surface area contributed by atoms with E-state index in [0.717, 1.165) is 34.9 Å². The van der Waals surface area contributed by atoms with Crippen LogP contribution in [0.2, 0.25) is 5.02 Å². The number of anilines is 1. The van der Waals surface area contributed by atoms with Crippen LogP contribution in [0, 0.1) is 5.92 Å². The van der Waals surface area contributed by atoms with Crippen LogP contribution in [-0.4, -0.2) is 18.2 Å². The summed E-state index contributed by atoms with van der Waals surface area (Å²) in [4.78, 5) is 2.29. The molecule has 3 heteroatoms. The van der Waals surface area contributed by atoms with Crippen molar-refractivity contribution in [1.29, 1.82) is 0 Å². The lowest BCUT2D eigenvalue weighted by Crippen LogP contribution is -2.59. The molecular weight excluding hydrogens is 270 g/mol.